The van der Waals surface area contributed by atoms with Crippen LogP contribution in [0.25, 0.3) is 0 Å². The lowest BCUT2D eigenvalue weighted by Gasteiger charge is -2.16. The first-order chi connectivity index (χ1) is 4.86. The van der Waals surface area contributed by atoms with Crippen LogP contribution in [0.1, 0.15) is 19.3 Å². The van der Waals surface area contributed by atoms with Gasteiger partial charge in [0.05, 0.1) is 0 Å². The van der Waals surface area contributed by atoms with Crippen molar-refractivity contribution < 1.29 is 4.39 Å². The van der Waals surface area contributed by atoms with E-state index in [0.29, 0.717) is 6.42 Å². The van der Waals surface area contributed by atoms with Gasteiger partial charge in [0.2, 0.25) is 0 Å². The second-order valence-corrected chi connectivity index (χ2v) is 3.15. The van der Waals surface area contributed by atoms with Gasteiger partial charge in [-0.05, 0) is 12.8 Å². The zero-order valence-electron chi connectivity index (χ0n) is 6.40. The summed E-state index contributed by atoms with van der Waals surface area (Å²) >= 11 is 0. The molecule has 0 bridgehead atoms. The molecule has 64 valence electrons. The SMILES string of the molecule is Cl.FC1CCC2=C(CNC2)C1. The van der Waals surface area contributed by atoms with Gasteiger partial charge in [-0.25, -0.2) is 4.39 Å². The van der Waals surface area contributed by atoms with Gasteiger partial charge in [-0.1, -0.05) is 11.1 Å². The van der Waals surface area contributed by atoms with Crippen molar-refractivity contribution >= 4 is 12.4 Å². The van der Waals surface area contributed by atoms with Crippen molar-refractivity contribution in [2.45, 2.75) is 25.4 Å². The quantitative estimate of drug-likeness (QED) is 0.557. The Kier molecular flexibility index (Phi) is 2.90. The summed E-state index contributed by atoms with van der Waals surface area (Å²) in [6, 6.07) is 0. The molecule has 0 aromatic heterocycles. The third-order valence-corrected chi connectivity index (χ3v) is 2.40. The molecule has 0 radical (unpaired) electrons. The minimum absolute atomic E-state index is 0. The lowest BCUT2D eigenvalue weighted by molar-refractivity contribution is 0.302. The number of hydrogen-bond donors (Lipinski definition) is 1. The van der Waals surface area contributed by atoms with Crippen molar-refractivity contribution in [2.75, 3.05) is 13.1 Å². The van der Waals surface area contributed by atoms with Crippen LogP contribution in [0.3, 0.4) is 0 Å². The van der Waals surface area contributed by atoms with Gasteiger partial charge in [0.1, 0.15) is 6.17 Å². The fourth-order valence-corrected chi connectivity index (χ4v) is 1.80. The molecule has 3 heteroatoms. The Hall–Kier alpha value is -0.0800. The van der Waals surface area contributed by atoms with Gasteiger partial charge in [0.25, 0.3) is 0 Å². The maximum atomic E-state index is 12.8. The van der Waals surface area contributed by atoms with Crippen LogP contribution >= 0.6 is 12.4 Å². The molecule has 1 aliphatic carbocycles. The van der Waals surface area contributed by atoms with Gasteiger partial charge >= 0.3 is 0 Å². The molecule has 2 aliphatic rings. The summed E-state index contributed by atoms with van der Waals surface area (Å²) < 4.78 is 12.8. The van der Waals surface area contributed by atoms with Crippen LogP contribution in [0.2, 0.25) is 0 Å². The van der Waals surface area contributed by atoms with Crippen LogP contribution in [0, 0.1) is 0 Å². The van der Waals surface area contributed by atoms with Gasteiger partial charge in [0, 0.05) is 19.5 Å². The molecule has 0 amide bonds. The molecular formula is C8H13ClFN. The van der Waals surface area contributed by atoms with Crippen molar-refractivity contribution in [3.63, 3.8) is 0 Å². The number of nitrogens with one attached hydrogen (secondary N) is 1. The molecule has 0 saturated carbocycles. The molecule has 0 spiro atoms. The van der Waals surface area contributed by atoms with Gasteiger partial charge in [0.15, 0.2) is 0 Å². The summed E-state index contributed by atoms with van der Waals surface area (Å²) in [5.41, 5.74) is 2.83. The molecule has 0 aromatic rings. The van der Waals surface area contributed by atoms with E-state index in [-0.39, 0.29) is 12.4 Å². The third-order valence-electron chi connectivity index (χ3n) is 2.40. The summed E-state index contributed by atoms with van der Waals surface area (Å²) in [4.78, 5) is 0. The second-order valence-electron chi connectivity index (χ2n) is 3.15. The van der Waals surface area contributed by atoms with Gasteiger partial charge in [-0.3, -0.25) is 0 Å². The van der Waals surface area contributed by atoms with Crippen molar-refractivity contribution in [2.24, 2.45) is 0 Å². The fourth-order valence-electron chi connectivity index (χ4n) is 1.80. The summed E-state index contributed by atoms with van der Waals surface area (Å²) in [5, 5.41) is 3.24. The van der Waals surface area contributed by atoms with E-state index in [0.717, 1.165) is 25.9 Å². The van der Waals surface area contributed by atoms with Crippen molar-refractivity contribution in [1.29, 1.82) is 0 Å². The minimum atomic E-state index is -0.557. The minimum Gasteiger partial charge on any atom is -0.309 e. The van der Waals surface area contributed by atoms with E-state index < -0.39 is 6.17 Å². The predicted octanol–water partition coefficient (Wildman–Crippen LogP) is 1.83. The molecular weight excluding hydrogens is 165 g/mol. The standard InChI is InChI=1S/C8H12FN.ClH/c9-8-2-1-6-4-10-5-7(6)3-8;/h8,10H,1-5H2;1H. The molecule has 1 unspecified atom stereocenters. The third kappa shape index (κ3) is 1.74. The Morgan fingerprint density at radius 3 is 2.82 bits per heavy atom. The maximum Gasteiger partial charge on any atom is 0.104 e. The smallest absolute Gasteiger partial charge is 0.104 e. The van der Waals surface area contributed by atoms with Crippen molar-refractivity contribution in [3.8, 4) is 0 Å². The molecule has 11 heavy (non-hydrogen) atoms. The van der Waals surface area contributed by atoms with E-state index in [4.69, 9.17) is 0 Å². The first-order valence-electron chi connectivity index (χ1n) is 3.91. The monoisotopic (exact) mass is 177 g/mol. The molecule has 0 saturated heterocycles. The topological polar surface area (TPSA) is 12.0 Å². The average Bonchev–Trinajstić information content (AvgIpc) is 2.33. The summed E-state index contributed by atoms with van der Waals surface area (Å²) in [7, 11) is 0. The van der Waals surface area contributed by atoms with E-state index in [9.17, 15) is 4.39 Å². The molecule has 1 N–H and O–H groups in total. The fraction of sp³-hybridized carbons (Fsp3) is 0.750. The Labute approximate surface area is 72.5 Å². The molecule has 0 aromatic carbocycles. The molecule has 0 fully saturated rings. The van der Waals surface area contributed by atoms with Crippen LogP contribution in [0.4, 0.5) is 4.39 Å². The van der Waals surface area contributed by atoms with Crippen LogP contribution in [0.5, 0.6) is 0 Å². The van der Waals surface area contributed by atoms with Crippen LogP contribution in [-0.4, -0.2) is 19.3 Å². The molecule has 1 nitrogen and oxygen atoms in total. The zero-order chi connectivity index (χ0) is 6.97. The first kappa shape index (κ1) is 9.01. The summed E-state index contributed by atoms with van der Waals surface area (Å²) in [5.74, 6) is 0. The van der Waals surface area contributed by atoms with Gasteiger partial charge in [-0.2, -0.15) is 0 Å². The Morgan fingerprint density at radius 1 is 1.27 bits per heavy atom. The summed E-state index contributed by atoms with van der Waals surface area (Å²) in [6.07, 6.45) is 1.88. The largest absolute Gasteiger partial charge is 0.309 e. The van der Waals surface area contributed by atoms with Crippen molar-refractivity contribution in [3.05, 3.63) is 11.1 Å². The van der Waals surface area contributed by atoms with Crippen molar-refractivity contribution in [1.82, 2.24) is 5.32 Å². The molecule has 2 rings (SSSR count). The van der Waals surface area contributed by atoms with E-state index >= 15 is 0 Å². The molecule has 1 atom stereocenters. The first-order valence-corrected chi connectivity index (χ1v) is 3.91. The van der Waals surface area contributed by atoms with Crippen LogP contribution in [0.15, 0.2) is 11.1 Å². The number of rotatable bonds is 0. The normalized spacial score (nSPS) is 29.7. The van der Waals surface area contributed by atoms with E-state index in [1.54, 1.807) is 0 Å². The highest BCUT2D eigenvalue weighted by atomic mass is 35.5. The highest BCUT2D eigenvalue weighted by Crippen LogP contribution is 2.28. The Balaban J connectivity index is 0.000000605. The molecule has 1 heterocycles. The highest BCUT2D eigenvalue weighted by Gasteiger charge is 2.22. The predicted molar refractivity (Wildman–Crippen MR) is 45.9 cm³/mol. The Morgan fingerprint density at radius 2 is 2.00 bits per heavy atom. The highest BCUT2D eigenvalue weighted by molar-refractivity contribution is 5.85. The summed E-state index contributed by atoms with van der Waals surface area (Å²) in [6.45, 7) is 1.96. The average molecular weight is 178 g/mol. The second kappa shape index (κ2) is 3.55. The molecule has 1 aliphatic heterocycles. The van der Waals surface area contributed by atoms with Crippen LogP contribution < -0.4 is 5.32 Å². The van der Waals surface area contributed by atoms with E-state index in [1.165, 1.54) is 11.1 Å². The number of alkyl halides is 1. The maximum absolute atomic E-state index is 12.8. The zero-order valence-corrected chi connectivity index (χ0v) is 7.22. The lowest BCUT2D eigenvalue weighted by atomic mass is 9.93. The van der Waals surface area contributed by atoms with E-state index in [1.807, 2.05) is 0 Å². The van der Waals surface area contributed by atoms with Gasteiger partial charge in [-0.15, -0.1) is 12.4 Å². The number of halogens is 2. The number of hydrogen-bond acceptors (Lipinski definition) is 1. The Bertz CT molecular complexity index is 179. The van der Waals surface area contributed by atoms with Crippen LogP contribution in [-0.2, 0) is 0 Å². The lowest BCUT2D eigenvalue weighted by Crippen LogP contribution is -2.10. The van der Waals surface area contributed by atoms with Gasteiger partial charge < -0.3 is 5.32 Å². The van der Waals surface area contributed by atoms with E-state index in [2.05, 4.69) is 5.32 Å².